The van der Waals surface area contributed by atoms with E-state index in [0.717, 1.165) is 12.1 Å². The molecule has 10 heteroatoms. The van der Waals surface area contributed by atoms with Crippen LogP contribution < -0.4 is 4.74 Å². The summed E-state index contributed by atoms with van der Waals surface area (Å²) in [5.41, 5.74) is -0.134. The summed E-state index contributed by atoms with van der Waals surface area (Å²) in [4.78, 5) is 26.3. The van der Waals surface area contributed by atoms with Gasteiger partial charge in [-0.15, -0.1) is 0 Å². The van der Waals surface area contributed by atoms with Crippen LogP contribution in [-0.4, -0.2) is 80.0 Å². The van der Waals surface area contributed by atoms with Crippen LogP contribution in [0, 0.1) is 12.8 Å². The molecule has 3 unspecified atom stereocenters. The Hall–Kier alpha value is -3.02. The maximum absolute atomic E-state index is 13.2. The van der Waals surface area contributed by atoms with E-state index < -0.39 is 54.4 Å². The van der Waals surface area contributed by atoms with Gasteiger partial charge >= 0.3 is 0 Å². The van der Waals surface area contributed by atoms with Gasteiger partial charge in [0.15, 0.2) is 5.78 Å². The number of carbonyl (C=O) groups is 2. The number of hydrogen-bond donors (Lipinski definition) is 6. The van der Waals surface area contributed by atoms with Crippen molar-refractivity contribution in [3.05, 3.63) is 52.1 Å². The molecule has 0 saturated carbocycles. The highest BCUT2D eigenvalue weighted by Gasteiger charge is 2.42. The van der Waals surface area contributed by atoms with E-state index in [4.69, 9.17) is 9.47 Å². The number of aliphatic hydroxyl groups is 4. The van der Waals surface area contributed by atoms with Crippen molar-refractivity contribution < 1.29 is 49.7 Å². The summed E-state index contributed by atoms with van der Waals surface area (Å²) in [6, 6.07) is 4.91. The highest BCUT2D eigenvalue weighted by atomic mass is 16.7. The number of hydrogen-bond acceptors (Lipinski definition) is 10. The Morgan fingerprint density at radius 2 is 1.62 bits per heavy atom. The van der Waals surface area contributed by atoms with Gasteiger partial charge in [-0.25, -0.2) is 0 Å². The molecule has 0 amide bonds. The maximum atomic E-state index is 13.2. The largest absolute Gasteiger partial charge is 0.508 e. The zero-order chi connectivity index (χ0) is 23.3. The van der Waals surface area contributed by atoms with E-state index >= 15 is 0 Å². The number of fused-ring (bicyclic) bond motifs is 2. The molecule has 2 aromatic carbocycles. The summed E-state index contributed by atoms with van der Waals surface area (Å²) in [6.07, 6.45) is -6.44. The van der Waals surface area contributed by atoms with E-state index in [1.165, 1.54) is 12.1 Å². The predicted molar refractivity (Wildman–Crippen MR) is 107 cm³/mol. The van der Waals surface area contributed by atoms with Crippen LogP contribution in [0.2, 0.25) is 0 Å². The van der Waals surface area contributed by atoms with Gasteiger partial charge in [0.05, 0.1) is 30.4 Å². The molecular weight excluding hydrogens is 424 g/mol. The SMILES string of the molecule is Cc1cc(O[C@@H]2OCC(CO)[C@@H](O)C(O)C2O)c2c(c1)C(=O)c1cc(O)cc(O)c1C2=O. The molecule has 2 aromatic rings. The minimum atomic E-state index is -1.73. The molecule has 0 bridgehead atoms. The molecule has 4 rings (SSSR count). The number of ether oxygens (including phenoxy) is 2. The van der Waals surface area contributed by atoms with Gasteiger partial charge in [0.2, 0.25) is 12.1 Å². The summed E-state index contributed by atoms with van der Waals surface area (Å²) < 4.78 is 11.1. The van der Waals surface area contributed by atoms with Crippen LogP contribution in [0.25, 0.3) is 0 Å². The van der Waals surface area contributed by atoms with Crippen molar-refractivity contribution >= 4 is 11.6 Å². The number of aryl methyl sites for hydroxylation is 1. The standard InChI is InChI=1S/C22H22O10/c1-8-2-11-16(19(28)15-12(18(11)27)4-10(24)5-13(15)25)14(3-8)32-22-21(30)20(29)17(26)9(6-23)7-31-22/h2-5,9,17,20-26,29-30H,6-7H2,1H3/t9?,17-,20?,21?,22+/m1/s1. The van der Waals surface area contributed by atoms with E-state index in [9.17, 15) is 40.2 Å². The zero-order valence-electron chi connectivity index (χ0n) is 16.9. The van der Waals surface area contributed by atoms with Crippen LogP contribution in [0.15, 0.2) is 24.3 Å². The van der Waals surface area contributed by atoms with Crippen molar-refractivity contribution in [3.63, 3.8) is 0 Å². The van der Waals surface area contributed by atoms with Gasteiger partial charge in [-0.3, -0.25) is 9.59 Å². The fourth-order valence-corrected chi connectivity index (χ4v) is 4.01. The Morgan fingerprint density at radius 3 is 2.31 bits per heavy atom. The second-order valence-electron chi connectivity index (χ2n) is 7.97. The van der Waals surface area contributed by atoms with Gasteiger partial charge in [0, 0.05) is 23.1 Å². The first-order valence-electron chi connectivity index (χ1n) is 9.87. The molecule has 5 atom stereocenters. The minimum absolute atomic E-state index is 0.0283. The number of ketones is 2. The Labute approximate surface area is 181 Å². The van der Waals surface area contributed by atoms with Gasteiger partial charge in [-0.1, -0.05) is 0 Å². The first-order valence-corrected chi connectivity index (χ1v) is 9.87. The molecule has 1 aliphatic carbocycles. The lowest BCUT2D eigenvalue weighted by atomic mass is 9.82. The molecule has 170 valence electrons. The molecule has 10 nitrogen and oxygen atoms in total. The molecular formula is C22H22O10. The smallest absolute Gasteiger partial charge is 0.228 e. The zero-order valence-corrected chi connectivity index (χ0v) is 16.9. The number of phenolic OH excluding ortho intramolecular Hbond substituents is 2. The van der Waals surface area contributed by atoms with Crippen molar-refractivity contribution in [2.45, 2.75) is 31.5 Å². The highest BCUT2D eigenvalue weighted by molar-refractivity contribution is 6.30. The predicted octanol–water partition coefficient (Wildman–Crippen LogP) is -0.392. The van der Waals surface area contributed by atoms with Crippen LogP contribution in [0.1, 0.15) is 37.4 Å². The van der Waals surface area contributed by atoms with Crippen molar-refractivity contribution in [2.75, 3.05) is 13.2 Å². The average molecular weight is 446 g/mol. The van der Waals surface area contributed by atoms with Gasteiger partial charge in [0.25, 0.3) is 0 Å². The van der Waals surface area contributed by atoms with E-state index in [0.29, 0.717) is 5.56 Å². The Bertz CT molecular complexity index is 1090. The van der Waals surface area contributed by atoms with Crippen molar-refractivity contribution in [1.29, 1.82) is 0 Å². The average Bonchev–Trinajstić information content (AvgIpc) is 2.83. The molecule has 1 aliphatic heterocycles. The highest BCUT2D eigenvalue weighted by Crippen LogP contribution is 2.40. The summed E-state index contributed by atoms with van der Waals surface area (Å²) >= 11 is 0. The summed E-state index contributed by atoms with van der Waals surface area (Å²) in [6.45, 7) is 0.888. The van der Waals surface area contributed by atoms with Crippen LogP contribution in [0.4, 0.5) is 0 Å². The first kappa shape index (κ1) is 22.2. The lowest BCUT2D eigenvalue weighted by Crippen LogP contribution is -2.47. The lowest BCUT2D eigenvalue weighted by molar-refractivity contribution is -0.167. The van der Waals surface area contributed by atoms with Crippen LogP contribution in [-0.2, 0) is 4.74 Å². The van der Waals surface area contributed by atoms with Crippen molar-refractivity contribution in [1.82, 2.24) is 0 Å². The quantitative estimate of drug-likeness (QED) is 0.311. The Morgan fingerprint density at radius 1 is 0.938 bits per heavy atom. The topological polar surface area (TPSA) is 174 Å². The molecule has 6 N–H and O–H groups in total. The lowest BCUT2D eigenvalue weighted by Gasteiger charge is -2.28. The molecule has 0 spiro atoms. The van der Waals surface area contributed by atoms with Crippen molar-refractivity contribution in [3.8, 4) is 17.2 Å². The third-order valence-corrected chi connectivity index (χ3v) is 5.71. The number of benzene rings is 2. The summed E-state index contributed by atoms with van der Waals surface area (Å²) in [5.74, 6) is -3.32. The number of carbonyl (C=O) groups excluding carboxylic acids is 2. The first-order chi connectivity index (χ1) is 15.1. The molecule has 0 radical (unpaired) electrons. The van der Waals surface area contributed by atoms with Crippen LogP contribution in [0.3, 0.4) is 0 Å². The van der Waals surface area contributed by atoms with Gasteiger partial charge in [0.1, 0.15) is 29.5 Å². The summed E-state index contributed by atoms with van der Waals surface area (Å²) in [5, 5.41) is 60.0. The van der Waals surface area contributed by atoms with Gasteiger partial charge in [-0.2, -0.15) is 0 Å². The molecule has 0 aromatic heterocycles. The van der Waals surface area contributed by atoms with Crippen molar-refractivity contribution in [2.24, 2.45) is 5.92 Å². The third kappa shape index (κ3) is 3.51. The van der Waals surface area contributed by atoms with Crippen LogP contribution >= 0.6 is 0 Å². The third-order valence-electron chi connectivity index (χ3n) is 5.71. The number of phenols is 2. The minimum Gasteiger partial charge on any atom is -0.508 e. The number of aliphatic hydroxyl groups excluding tert-OH is 4. The Kier molecular flexibility index (Phi) is 5.65. The molecule has 2 aliphatic rings. The summed E-state index contributed by atoms with van der Waals surface area (Å²) in [7, 11) is 0. The molecule has 1 fully saturated rings. The fraction of sp³-hybridized carbons (Fsp3) is 0.364. The molecule has 32 heavy (non-hydrogen) atoms. The fourth-order valence-electron chi connectivity index (χ4n) is 4.01. The number of aromatic hydroxyl groups is 2. The van der Waals surface area contributed by atoms with E-state index in [-0.39, 0.29) is 40.4 Å². The molecule has 1 saturated heterocycles. The van der Waals surface area contributed by atoms with E-state index in [1.807, 2.05) is 0 Å². The van der Waals surface area contributed by atoms with Gasteiger partial charge in [-0.05, 0) is 30.7 Å². The number of rotatable bonds is 3. The normalized spacial score (nSPS) is 27.5. The maximum Gasteiger partial charge on any atom is 0.228 e. The Balaban J connectivity index is 1.77. The van der Waals surface area contributed by atoms with Crippen LogP contribution in [0.5, 0.6) is 17.2 Å². The molecule has 1 heterocycles. The monoisotopic (exact) mass is 446 g/mol. The second-order valence-corrected chi connectivity index (χ2v) is 7.97. The van der Waals surface area contributed by atoms with E-state index in [1.54, 1.807) is 6.92 Å². The van der Waals surface area contributed by atoms with E-state index in [2.05, 4.69) is 0 Å². The van der Waals surface area contributed by atoms with Gasteiger partial charge < -0.3 is 40.1 Å². The second kappa shape index (κ2) is 8.15.